The minimum absolute atomic E-state index is 0.0905. The molecule has 0 saturated carbocycles. The molecule has 1 heterocycles. The highest BCUT2D eigenvalue weighted by molar-refractivity contribution is 7.09. The van der Waals surface area contributed by atoms with Crippen molar-refractivity contribution in [2.24, 2.45) is 0 Å². The van der Waals surface area contributed by atoms with Gasteiger partial charge in [-0.25, -0.2) is 4.98 Å². The first-order valence-electron chi connectivity index (χ1n) is 4.67. The second-order valence-electron chi connectivity index (χ2n) is 4.22. The molecule has 0 bridgehead atoms. The fourth-order valence-electron chi connectivity index (χ4n) is 1.08. The molecule has 0 fully saturated rings. The molecule has 1 aromatic rings. The number of nitrogens with one attached hydrogen (secondary N) is 1. The molecule has 4 heteroatoms. The van der Waals surface area contributed by atoms with E-state index in [2.05, 4.69) is 10.3 Å². The first-order chi connectivity index (χ1) is 6.47. The normalized spacial score (nSPS) is 11.4. The smallest absolute Gasteiger partial charge is 0.220 e. The molecule has 1 amide bonds. The van der Waals surface area contributed by atoms with Crippen LogP contribution in [0.15, 0.2) is 11.6 Å². The van der Waals surface area contributed by atoms with Crippen LogP contribution in [0.3, 0.4) is 0 Å². The maximum absolute atomic E-state index is 11.4. The third-order valence-corrected chi connectivity index (χ3v) is 2.40. The van der Waals surface area contributed by atoms with Crippen molar-refractivity contribution < 1.29 is 4.79 Å². The quantitative estimate of drug-likeness (QED) is 0.832. The van der Waals surface area contributed by atoms with Gasteiger partial charge in [-0.2, -0.15) is 0 Å². The number of nitrogens with zero attached hydrogens (tertiary/aromatic N) is 1. The lowest BCUT2D eigenvalue weighted by molar-refractivity contribution is -0.122. The van der Waals surface area contributed by atoms with Crippen molar-refractivity contribution in [3.63, 3.8) is 0 Å². The van der Waals surface area contributed by atoms with Crippen molar-refractivity contribution in [3.8, 4) is 0 Å². The molecular formula is C10H16N2OS. The maximum Gasteiger partial charge on any atom is 0.220 e. The number of thiazole rings is 1. The number of hydrogen-bond acceptors (Lipinski definition) is 3. The van der Waals surface area contributed by atoms with Crippen molar-refractivity contribution in [2.75, 3.05) is 0 Å². The highest BCUT2D eigenvalue weighted by atomic mass is 32.1. The van der Waals surface area contributed by atoms with E-state index in [1.54, 1.807) is 17.5 Å². The molecule has 0 saturated heterocycles. The van der Waals surface area contributed by atoms with Gasteiger partial charge in [0.05, 0.1) is 5.01 Å². The first kappa shape index (κ1) is 11.2. The Labute approximate surface area is 88.6 Å². The lowest BCUT2D eigenvalue weighted by Gasteiger charge is -2.20. The maximum atomic E-state index is 11.4. The Hall–Kier alpha value is -0.900. The fourth-order valence-corrected chi connectivity index (χ4v) is 1.70. The topological polar surface area (TPSA) is 42.0 Å². The number of aromatic nitrogens is 1. The van der Waals surface area contributed by atoms with Gasteiger partial charge in [0.2, 0.25) is 5.91 Å². The second-order valence-corrected chi connectivity index (χ2v) is 5.20. The lowest BCUT2D eigenvalue weighted by Crippen LogP contribution is -2.40. The van der Waals surface area contributed by atoms with E-state index in [4.69, 9.17) is 0 Å². The van der Waals surface area contributed by atoms with E-state index in [1.807, 2.05) is 26.2 Å². The predicted molar refractivity (Wildman–Crippen MR) is 58.3 cm³/mol. The molecule has 1 rings (SSSR count). The third kappa shape index (κ3) is 4.37. The number of hydrogen-bond donors (Lipinski definition) is 1. The molecule has 14 heavy (non-hydrogen) atoms. The van der Waals surface area contributed by atoms with Crippen LogP contribution >= 0.6 is 11.3 Å². The van der Waals surface area contributed by atoms with Crippen LogP contribution in [0.5, 0.6) is 0 Å². The van der Waals surface area contributed by atoms with Gasteiger partial charge >= 0.3 is 0 Å². The number of rotatable bonds is 3. The van der Waals surface area contributed by atoms with Crippen molar-refractivity contribution in [1.29, 1.82) is 0 Å². The number of carbonyl (C=O) groups is 1. The van der Waals surface area contributed by atoms with E-state index in [0.29, 0.717) is 6.42 Å². The van der Waals surface area contributed by atoms with E-state index in [1.165, 1.54) is 0 Å². The zero-order valence-corrected chi connectivity index (χ0v) is 9.65. The van der Waals surface area contributed by atoms with Gasteiger partial charge in [-0.05, 0) is 20.8 Å². The largest absolute Gasteiger partial charge is 0.351 e. The van der Waals surface area contributed by atoms with Gasteiger partial charge in [0.25, 0.3) is 0 Å². The van der Waals surface area contributed by atoms with Crippen molar-refractivity contribution in [1.82, 2.24) is 10.3 Å². The summed E-state index contributed by atoms with van der Waals surface area (Å²) in [5.74, 6) is 0.0905. The van der Waals surface area contributed by atoms with Crippen LogP contribution in [-0.4, -0.2) is 16.4 Å². The van der Waals surface area contributed by atoms with Gasteiger partial charge in [0.1, 0.15) is 0 Å². The zero-order valence-electron chi connectivity index (χ0n) is 8.83. The van der Waals surface area contributed by atoms with Gasteiger partial charge < -0.3 is 5.32 Å². The molecule has 1 N–H and O–H groups in total. The fraction of sp³-hybridized carbons (Fsp3) is 0.600. The van der Waals surface area contributed by atoms with E-state index >= 15 is 0 Å². The first-order valence-corrected chi connectivity index (χ1v) is 5.55. The van der Waals surface area contributed by atoms with Gasteiger partial charge in [0.15, 0.2) is 0 Å². The van der Waals surface area contributed by atoms with Crippen molar-refractivity contribution in [3.05, 3.63) is 16.6 Å². The summed E-state index contributed by atoms with van der Waals surface area (Å²) in [5, 5.41) is 5.87. The van der Waals surface area contributed by atoms with Crippen LogP contribution in [0.4, 0.5) is 0 Å². The van der Waals surface area contributed by atoms with Gasteiger partial charge in [-0.1, -0.05) is 0 Å². The molecule has 0 aromatic carbocycles. The molecule has 78 valence electrons. The summed E-state index contributed by atoms with van der Waals surface area (Å²) >= 11 is 1.59. The van der Waals surface area contributed by atoms with Crippen LogP contribution in [-0.2, 0) is 11.2 Å². The summed E-state index contributed by atoms with van der Waals surface area (Å²) in [7, 11) is 0. The molecule has 0 aliphatic rings. The van der Waals surface area contributed by atoms with Crippen LogP contribution < -0.4 is 5.32 Å². The van der Waals surface area contributed by atoms with Crippen LogP contribution in [0.1, 0.15) is 32.2 Å². The summed E-state index contributed by atoms with van der Waals surface area (Å²) in [6, 6.07) is 0. The Balaban J connectivity index is 2.29. The molecule has 0 atom stereocenters. The molecule has 0 unspecified atom stereocenters. The number of aryl methyl sites for hydroxylation is 1. The third-order valence-electron chi connectivity index (χ3n) is 1.56. The van der Waals surface area contributed by atoms with Gasteiger partial charge in [0, 0.05) is 30.0 Å². The van der Waals surface area contributed by atoms with E-state index in [9.17, 15) is 4.79 Å². The van der Waals surface area contributed by atoms with Gasteiger partial charge in [-0.3, -0.25) is 4.79 Å². The number of carbonyl (C=O) groups excluding carboxylic acids is 1. The van der Waals surface area contributed by atoms with Crippen molar-refractivity contribution in [2.45, 2.75) is 39.2 Å². The molecule has 0 aliphatic carbocycles. The van der Waals surface area contributed by atoms with Crippen LogP contribution in [0.2, 0.25) is 0 Å². The monoisotopic (exact) mass is 212 g/mol. The summed E-state index contributed by atoms with van der Waals surface area (Å²) in [6.07, 6.45) is 3.02. The van der Waals surface area contributed by atoms with E-state index in [0.717, 1.165) is 11.4 Å². The Bertz CT molecular complexity index is 288. The van der Waals surface area contributed by atoms with Gasteiger partial charge in [-0.15, -0.1) is 11.3 Å². The Morgan fingerprint density at radius 3 is 2.79 bits per heavy atom. The summed E-state index contributed by atoms with van der Waals surface area (Å²) in [5.41, 5.74) is -0.139. The average Bonchev–Trinajstić information content (AvgIpc) is 2.49. The summed E-state index contributed by atoms with van der Waals surface area (Å²) < 4.78 is 0. The highest BCUT2D eigenvalue weighted by Gasteiger charge is 2.13. The molecule has 0 aliphatic heterocycles. The molecule has 0 radical (unpaired) electrons. The summed E-state index contributed by atoms with van der Waals surface area (Å²) in [6.45, 7) is 5.94. The van der Waals surface area contributed by atoms with E-state index in [-0.39, 0.29) is 11.4 Å². The Kier molecular flexibility index (Phi) is 3.63. The standard InChI is InChI=1S/C10H16N2OS/c1-10(2,3)12-8(13)4-5-9-11-6-7-14-9/h6-7H,4-5H2,1-3H3,(H,12,13). The predicted octanol–water partition coefficient (Wildman–Crippen LogP) is 1.99. The minimum atomic E-state index is -0.139. The molecule has 0 spiro atoms. The lowest BCUT2D eigenvalue weighted by atomic mass is 10.1. The Morgan fingerprint density at radius 2 is 2.29 bits per heavy atom. The van der Waals surface area contributed by atoms with E-state index < -0.39 is 0 Å². The molecular weight excluding hydrogens is 196 g/mol. The zero-order chi connectivity index (χ0) is 10.6. The Morgan fingerprint density at radius 1 is 1.57 bits per heavy atom. The SMILES string of the molecule is CC(C)(C)NC(=O)CCc1nccs1. The van der Waals surface area contributed by atoms with Crippen LogP contribution in [0.25, 0.3) is 0 Å². The average molecular weight is 212 g/mol. The number of amides is 1. The minimum Gasteiger partial charge on any atom is -0.351 e. The molecule has 1 aromatic heterocycles. The van der Waals surface area contributed by atoms with Crippen LogP contribution in [0, 0.1) is 0 Å². The molecule has 3 nitrogen and oxygen atoms in total. The second kappa shape index (κ2) is 4.55. The highest BCUT2D eigenvalue weighted by Crippen LogP contribution is 2.07. The summed E-state index contributed by atoms with van der Waals surface area (Å²) in [4.78, 5) is 15.5. The van der Waals surface area contributed by atoms with Crippen molar-refractivity contribution >= 4 is 17.2 Å².